The lowest BCUT2D eigenvalue weighted by molar-refractivity contribution is 0.758. The molecule has 0 aliphatic carbocycles. The van der Waals surface area contributed by atoms with Gasteiger partial charge in [0.15, 0.2) is 0 Å². The molecular formula is C6H14S4. The van der Waals surface area contributed by atoms with Gasteiger partial charge in [0.05, 0.1) is 0 Å². The molecular weight excluding hydrogens is 200 g/mol. The molecule has 0 saturated heterocycles. The molecule has 3 unspecified atom stereocenters. The Morgan fingerprint density at radius 2 is 1.70 bits per heavy atom. The van der Waals surface area contributed by atoms with Crippen LogP contribution in [0.1, 0.15) is 13.3 Å². The molecule has 0 spiro atoms. The predicted octanol–water partition coefficient (Wildman–Crippen LogP) is 2.22. The second-order valence-corrected chi connectivity index (χ2v) is 4.95. The maximum atomic E-state index is 4.36. The van der Waals surface area contributed by atoms with E-state index in [9.17, 15) is 0 Å². The van der Waals surface area contributed by atoms with Crippen molar-refractivity contribution in [3.8, 4) is 0 Å². The zero-order valence-electron chi connectivity index (χ0n) is 5.94. The van der Waals surface area contributed by atoms with Gasteiger partial charge in [0.1, 0.15) is 0 Å². The van der Waals surface area contributed by atoms with Crippen LogP contribution in [0.4, 0.5) is 0 Å². The summed E-state index contributed by atoms with van der Waals surface area (Å²) in [6.07, 6.45) is 0.973. The fourth-order valence-electron chi connectivity index (χ4n) is 0.550. The molecule has 4 heteroatoms. The molecule has 0 aromatic carbocycles. The molecule has 10 heavy (non-hydrogen) atoms. The maximum Gasteiger partial charge on any atom is 0.0141 e. The van der Waals surface area contributed by atoms with Crippen molar-refractivity contribution < 1.29 is 0 Å². The minimum absolute atomic E-state index is 0.331. The van der Waals surface area contributed by atoms with Gasteiger partial charge in [0, 0.05) is 21.5 Å². The normalized spacial score (nSPS) is 20.1. The first-order valence-electron chi connectivity index (χ1n) is 3.23. The fraction of sp³-hybridized carbons (Fsp3) is 1.00. The Kier molecular flexibility index (Phi) is 6.81. The molecule has 3 atom stereocenters. The van der Waals surface area contributed by atoms with Crippen molar-refractivity contribution in [2.24, 2.45) is 0 Å². The van der Waals surface area contributed by atoms with Gasteiger partial charge in [-0.3, -0.25) is 0 Å². The summed E-state index contributed by atoms with van der Waals surface area (Å²) in [5, 5.41) is 1.01. The molecule has 0 N–H and O–H groups in total. The van der Waals surface area contributed by atoms with Crippen molar-refractivity contribution in [3.63, 3.8) is 0 Å². The van der Waals surface area contributed by atoms with Crippen LogP contribution in [0.25, 0.3) is 0 Å². The summed E-state index contributed by atoms with van der Waals surface area (Å²) in [5.74, 6) is 0.806. The van der Waals surface area contributed by atoms with Gasteiger partial charge < -0.3 is 0 Å². The molecule has 0 aliphatic heterocycles. The standard InChI is InChI=1S/C6H14S4/c1-4(8)6(10)2-5(9)3-7/h4-10H,2-3H2,1H3. The molecule has 0 heterocycles. The van der Waals surface area contributed by atoms with Gasteiger partial charge in [-0.25, -0.2) is 0 Å². The number of rotatable bonds is 4. The van der Waals surface area contributed by atoms with Crippen molar-refractivity contribution in [1.82, 2.24) is 0 Å². The highest BCUT2D eigenvalue weighted by atomic mass is 32.1. The first-order valence-corrected chi connectivity index (χ1v) is 5.41. The van der Waals surface area contributed by atoms with E-state index in [1.807, 2.05) is 6.92 Å². The Labute approximate surface area is 85.2 Å². The van der Waals surface area contributed by atoms with E-state index < -0.39 is 0 Å². The maximum absolute atomic E-state index is 4.36. The van der Waals surface area contributed by atoms with Crippen molar-refractivity contribution in [2.45, 2.75) is 29.1 Å². The summed E-state index contributed by atoms with van der Waals surface area (Å²) in [6, 6.07) is 0. The third-order valence-corrected chi connectivity index (χ3v) is 3.66. The van der Waals surface area contributed by atoms with E-state index in [0.29, 0.717) is 15.7 Å². The zero-order valence-corrected chi connectivity index (χ0v) is 9.51. The van der Waals surface area contributed by atoms with Crippen molar-refractivity contribution in [2.75, 3.05) is 5.75 Å². The first kappa shape index (κ1) is 11.4. The molecule has 0 aromatic rings. The van der Waals surface area contributed by atoms with Gasteiger partial charge in [-0.05, 0) is 6.42 Å². The lowest BCUT2D eigenvalue weighted by atomic mass is 10.2. The van der Waals surface area contributed by atoms with Crippen LogP contribution in [0.15, 0.2) is 0 Å². The van der Waals surface area contributed by atoms with Gasteiger partial charge in [-0.1, -0.05) is 6.92 Å². The minimum atomic E-state index is 0.331. The van der Waals surface area contributed by atoms with Gasteiger partial charge in [0.2, 0.25) is 0 Å². The smallest absolute Gasteiger partial charge is 0.0141 e. The molecule has 0 aromatic heterocycles. The van der Waals surface area contributed by atoms with Crippen LogP contribution < -0.4 is 0 Å². The molecule has 0 aliphatic rings. The Hall–Kier alpha value is 1.40. The molecule has 0 nitrogen and oxygen atoms in total. The van der Waals surface area contributed by atoms with Gasteiger partial charge >= 0.3 is 0 Å². The Morgan fingerprint density at radius 1 is 1.20 bits per heavy atom. The third-order valence-electron chi connectivity index (χ3n) is 1.28. The molecule has 0 fully saturated rings. The van der Waals surface area contributed by atoms with Crippen LogP contribution in [0.2, 0.25) is 0 Å². The Morgan fingerprint density at radius 3 is 2.00 bits per heavy atom. The zero-order chi connectivity index (χ0) is 8.15. The lowest BCUT2D eigenvalue weighted by Gasteiger charge is -2.16. The second kappa shape index (κ2) is 5.98. The van der Waals surface area contributed by atoms with E-state index in [-0.39, 0.29) is 0 Å². The van der Waals surface area contributed by atoms with E-state index in [0.717, 1.165) is 12.2 Å². The molecule has 0 rings (SSSR count). The summed E-state index contributed by atoms with van der Waals surface area (Å²) in [7, 11) is 0. The fourth-order valence-corrected chi connectivity index (χ4v) is 1.47. The monoisotopic (exact) mass is 214 g/mol. The van der Waals surface area contributed by atoms with Crippen LogP contribution >= 0.6 is 50.5 Å². The van der Waals surface area contributed by atoms with E-state index in [4.69, 9.17) is 0 Å². The van der Waals surface area contributed by atoms with Crippen LogP contribution in [0.5, 0.6) is 0 Å². The largest absolute Gasteiger partial charge is 0.178 e. The van der Waals surface area contributed by atoms with Crippen LogP contribution in [0, 0.1) is 0 Å². The lowest BCUT2D eigenvalue weighted by Crippen LogP contribution is -2.17. The average molecular weight is 214 g/mol. The molecule has 0 radical (unpaired) electrons. The Bertz CT molecular complexity index is 83.8. The van der Waals surface area contributed by atoms with E-state index >= 15 is 0 Å². The summed E-state index contributed by atoms with van der Waals surface area (Å²) in [6.45, 7) is 2.04. The van der Waals surface area contributed by atoms with Crippen LogP contribution in [-0.4, -0.2) is 21.5 Å². The number of thiol groups is 4. The van der Waals surface area contributed by atoms with Gasteiger partial charge in [0.25, 0.3) is 0 Å². The highest BCUT2D eigenvalue weighted by Crippen LogP contribution is 2.17. The van der Waals surface area contributed by atoms with Gasteiger partial charge in [-0.15, -0.1) is 0 Å². The van der Waals surface area contributed by atoms with Crippen LogP contribution in [0.3, 0.4) is 0 Å². The molecule has 62 valence electrons. The predicted molar refractivity (Wildman–Crippen MR) is 62.5 cm³/mol. The molecule has 0 saturated carbocycles. The molecule has 0 amide bonds. The minimum Gasteiger partial charge on any atom is -0.178 e. The number of hydrogen-bond acceptors (Lipinski definition) is 4. The van der Waals surface area contributed by atoms with Crippen LogP contribution in [-0.2, 0) is 0 Å². The van der Waals surface area contributed by atoms with Crippen molar-refractivity contribution >= 4 is 50.5 Å². The molecule has 0 bridgehead atoms. The highest BCUT2D eigenvalue weighted by Gasteiger charge is 2.12. The van der Waals surface area contributed by atoms with E-state index in [1.54, 1.807) is 0 Å². The SMILES string of the molecule is CC(S)C(S)CC(S)CS. The van der Waals surface area contributed by atoms with E-state index in [1.165, 1.54) is 0 Å². The first-order chi connectivity index (χ1) is 4.57. The summed E-state index contributed by atoms with van der Waals surface area (Å²) >= 11 is 17.1. The quantitative estimate of drug-likeness (QED) is 0.507. The summed E-state index contributed by atoms with van der Waals surface area (Å²) < 4.78 is 0. The van der Waals surface area contributed by atoms with E-state index in [2.05, 4.69) is 50.5 Å². The summed E-state index contributed by atoms with van der Waals surface area (Å²) in [4.78, 5) is 0. The Balaban J connectivity index is 3.46. The topological polar surface area (TPSA) is 0 Å². The second-order valence-electron chi connectivity index (χ2n) is 2.38. The van der Waals surface area contributed by atoms with Crippen molar-refractivity contribution in [1.29, 1.82) is 0 Å². The average Bonchev–Trinajstić information content (AvgIpc) is 1.87. The van der Waals surface area contributed by atoms with Crippen molar-refractivity contribution in [3.05, 3.63) is 0 Å². The summed E-state index contributed by atoms with van der Waals surface area (Å²) in [5.41, 5.74) is 0. The highest BCUT2D eigenvalue weighted by molar-refractivity contribution is 7.85. The van der Waals surface area contributed by atoms with Gasteiger partial charge in [-0.2, -0.15) is 50.5 Å². The number of hydrogen-bond donors (Lipinski definition) is 4. The third kappa shape index (κ3) is 5.10.